The highest BCUT2D eigenvalue weighted by molar-refractivity contribution is 6.30. The number of hydrogen-bond acceptors (Lipinski definition) is 6. The van der Waals surface area contributed by atoms with Crippen LogP contribution in [0.4, 0.5) is 0 Å². The average molecular weight is 401 g/mol. The SMILES string of the molecule is CC(=O)c1ccc(OCCC(=O)OCc2cc(=O)n3cc(Cl)ccc3n2)cc1. The maximum atomic E-state index is 12.1. The summed E-state index contributed by atoms with van der Waals surface area (Å²) >= 11 is 5.86. The predicted octanol–water partition coefficient (Wildman–Crippen LogP) is 3.06. The Labute approximate surface area is 165 Å². The summed E-state index contributed by atoms with van der Waals surface area (Å²) in [7, 11) is 0. The van der Waals surface area contributed by atoms with Crippen LogP contribution >= 0.6 is 11.6 Å². The van der Waals surface area contributed by atoms with Gasteiger partial charge in [-0.15, -0.1) is 0 Å². The molecule has 0 atom stereocenters. The number of ether oxygens (including phenoxy) is 2. The van der Waals surface area contributed by atoms with Gasteiger partial charge in [0.2, 0.25) is 0 Å². The van der Waals surface area contributed by atoms with Gasteiger partial charge in [0.15, 0.2) is 5.78 Å². The van der Waals surface area contributed by atoms with Crippen molar-refractivity contribution in [2.75, 3.05) is 6.61 Å². The zero-order chi connectivity index (χ0) is 20.1. The number of nitrogens with zero attached hydrogens (tertiary/aromatic N) is 2. The van der Waals surface area contributed by atoms with Gasteiger partial charge >= 0.3 is 5.97 Å². The molecule has 1 aromatic carbocycles. The van der Waals surface area contributed by atoms with E-state index in [4.69, 9.17) is 21.1 Å². The number of carbonyl (C=O) groups is 2. The van der Waals surface area contributed by atoms with Crippen LogP contribution in [0.3, 0.4) is 0 Å². The van der Waals surface area contributed by atoms with Crippen molar-refractivity contribution in [2.24, 2.45) is 0 Å². The lowest BCUT2D eigenvalue weighted by Crippen LogP contribution is -2.17. The first-order chi connectivity index (χ1) is 13.4. The fraction of sp³-hybridized carbons (Fsp3) is 0.200. The predicted molar refractivity (Wildman–Crippen MR) is 103 cm³/mol. The molecule has 0 aliphatic heterocycles. The van der Waals surface area contributed by atoms with E-state index >= 15 is 0 Å². The summed E-state index contributed by atoms with van der Waals surface area (Å²) in [5, 5.41) is 0.423. The van der Waals surface area contributed by atoms with Crippen molar-refractivity contribution >= 4 is 29.0 Å². The molecule has 0 fully saturated rings. The van der Waals surface area contributed by atoms with Gasteiger partial charge in [-0.25, -0.2) is 4.98 Å². The van der Waals surface area contributed by atoms with E-state index in [-0.39, 0.29) is 31.0 Å². The molecule has 3 aromatic rings. The minimum atomic E-state index is -0.474. The van der Waals surface area contributed by atoms with E-state index in [0.29, 0.717) is 27.7 Å². The van der Waals surface area contributed by atoms with Crippen molar-refractivity contribution < 1.29 is 19.1 Å². The van der Waals surface area contributed by atoms with Crippen LogP contribution in [0.2, 0.25) is 5.02 Å². The average Bonchev–Trinajstić information content (AvgIpc) is 2.67. The van der Waals surface area contributed by atoms with Crippen LogP contribution in [0, 0.1) is 0 Å². The Morgan fingerprint density at radius 3 is 2.61 bits per heavy atom. The molecule has 0 unspecified atom stereocenters. The molecule has 0 bridgehead atoms. The lowest BCUT2D eigenvalue weighted by molar-refractivity contribution is -0.145. The van der Waals surface area contributed by atoms with Crippen LogP contribution in [0.25, 0.3) is 5.65 Å². The van der Waals surface area contributed by atoms with Crippen LogP contribution in [-0.2, 0) is 16.1 Å². The minimum Gasteiger partial charge on any atom is -0.493 e. The number of aromatic nitrogens is 2. The Bertz CT molecular complexity index is 1080. The first-order valence-electron chi connectivity index (χ1n) is 8.49. The molecule has 144 valence electrons. The maximum absolute atomic E-state index is 12.1. The van der Waals surface area contributed by atoms with Crippen LogP contribution in [-0.4, -0.2) is 27.7 Å². The number of pyridine rings is 1. The van der Waals surface area contributed by atoms with Crippen molar-refractivity contribution in [3.63, 3.8) is 0 Å². The topological polar surface area (TPSA) is 87.0 Å². The normalized spacial score (nSPS) is 10.6. The molecule has 0 radical (unpaired) electrons. The lowest BCUT2D eigenvalue weighted by Gasteiger charge is -2.08. The van der Waals surface area contributed by atoms with Gasteiger partial charge in [-0.05, 0) is 43.3 Å². The van der Waals surface area contributed by atoms with Gasteiger partial charge in [0, 0.05) is 17.8 Å². The Hall–Kier alpha value is -3.19. The lowest BCUT2D eigenvalue weighted by atomic mass is 10.1. The molecule has 0 N–H and O–H groups in total. The van der Waals surface area contributed by atoms with E-state index in [1.54, 1.807) is 36.4 Å². The molecule has 2 aromatic heterocycles. The van der Waals surface area contributed by atoms with Crippen LogP contribution in [0.1, 0.15) is 29.4 Å². The van der Waals surface area contributed by atoms with Gasteiger partial charge in [-0.2, -0.15) is 0 Å². The van der Waals surface area contributed by atoms with Gasteiger partial charge < -0.3 is 9.47 Å². The second kappa shape index (κ2) is 8.67. The van der Waals surface area contributed by atoms with Gasteiger partial charge in [-0.1, -0.05) is 11.6 Å². The molecule has 7 nitrogen and oxygen atoms in total. The fourth-order valence-corrected chi connectivity index (χ4v) is 2.63. The monoisotopic (exact) mass is 400 g/mol. The largest absolute Gasteiger partial charge is 0.493 e. The van der Waals surface area contributed by atoms with E-state index < -0.39 is 5.97 Å². The second-order valence-corrected chi connectivity index (χ2v) is 6.44. The molecule has 2 heterocycles. The standard InChI is InChI=1S/C20H17ClN2O5/c1-13(24)14-2-5-17(6-3-14)27-9-8-20(26)28-12-16-10-19(25)23-11-15(21)4-7-18(23)22-16/h2-7,10-11H,8-9,12H2,1H3. The number of carbonyl (C=O) groups excluding carboxylic acids is 2. The van der Waals surface area contributed by atoms with Crippen LogP contribution in [0.15, 0.2) is 53.5 Å². The highest BCUT2D eigenvalue weighted by Gasteiger charge is 2.08. The van der Waals surface area contributed by atoms with Crippen molar-refractivity contribution in [3.8, 4) is 5.75 Å². The van der Waals surface area contributed by atoms with Gasteiger partial charge in [0.25, 0.3) is 5.56 Å². The van der Waals surface area contributed by atoms with E-state index in [1.165, 1.54) is 23.6 Å². The summed E-state index contributed by atoms with van der Waals surface area (Å²) in [6.45, 7) is 1.50. The van der Waals surface area contributed by atoms with Crippen molar-refractivity contribution in [3.05, 3.63) is 75.3 Å². The molecule has 3 rings (SSSR count). The summed E-state index contributed by atoms with van der Waals surface area (Å²) < 4.78 is 11.9. The molecule has 0 aliphatic carbocycles. The van der Waals surface area contributed by atoms with Gasteiger partial charge in [-0.3, -0.25) is 18.8 Å². The molecule has 0 amide bonds. The minimum absolute atomic E-state index is 0.0276. The highest BCUT2D eigenvalue weighted by atomic mass is 35.5. The zero-order valence-electron chi connectivity index (χ0n) is 15.1. The van der Waals surface area contributed by atoms with Crippen LogP contribution in [0.5, 0.6) is 5.75 Å². The second-order valence-electron chi connectivity index (χ2n) is 6.00. The van der Waals surface area contributed by atoms with Gasteiger partial charge in [0.1, 0.15) is 18.0 Å². The van der Waals surface area contributed by atoms with E-state index in [0.717, 1.165) is 0 Å². The first-order valence-corrected chi connectivity index (χ1v) is 8.87. The Morgan fingerprint density at radius 1 is 1.14 bits per heavy atom. The van der Waals surface area contributed by atoms with Crippen LogP contribution < -0.4 is 10.3 Å². The summed E-state index contributed by atoms with van der Waals surface area (Å²) in [4.78, 5) is 39.4. The first kappa shape index (κ1) is 19.6. The third-order valence-corrected chi connectivity index (χ3v) is 4.12. The molecular formula is C20H17ClN2O5. The number of rotatable bonds is 7. The summed E-state index contributed by atoms with van der Waals surface area (Å²) in [6.07, 6.45) is 1.51. The van der Waals surface area contributed by atoms with Crippen molar-refractivity contribution in [1.29, 1.82) is 0 Å². The molecule has 8 heteroatoms. The molecule has 0 spiro atoms. The summed E-state index contributed by atoms with van der Waals surface area (Å²) in [6, 6.07) is 11.2. The Morgan fingerprint density at radius 2 is 1.89 bits per heavy atom. The van der Waals surface area contributed by atoms with E-state index in [1.807, 2.05) is 0 Å². The number of benzene rings is 1. The summed E-state index contributed by atoms with van der Waals surface area (Å²) in [5.41, 5.74) is 1.05. The molecule has 0 saturated carbocycles. The van der Waals surface area contributed by atoms with Crippen molar-refractivity contribution in [1.82, 2.24) is 9.38 Å². The molecular weight excluding hydrogens is 384 g/mol. The smallest absolute Gasteiger partial charge is 0.309 e. The Kier molecular flexibility index (Phi) is 6.06. The van der Waals surface area contributed by atoms with E-state index in [2.05, 4.69) is 4.98 Å². The number of Topliss-reactive ketones (excluding diaryl/α,β-unsaturated/α-hetero) is 1. The van der Waals surface area contributed by atoms with Crippen molar-refractivity contribution in [2.45, 2.75) is 20.0 Å². The number of fused-ring (bicyclic) bond motifs is 1. The third kappa shape index (κ3) is 4.95. The molecule has 28 heavy (non-hydrogen) atoms. The fourth-order valence-electron chi connectivity index (χ4n) is 2.46. The van der Waals surface area contributed by atoms with Gasteiger partial charge in [0.05, 0.1) is 23.7 Å². The Balaban J connectivity index is 1.50. The molecule has 0 aliphatic rings. The molecule has 0 saturated heterocycles. The number of esters is 1. The highest BCUT2D eigenvalue weighted by Crippen LogP contribution is 2.13. The number of halogens is 1. The number of hydrogen-bond donors (Lipinski definition) is 0. The zero-order valence-corrected chi connectivity index (χ0v) is 15.8. The third-order valence-electron chi connectivity index (χ3n) is 3.89. The maximum Gasteiger partial charge on any atom is 0.309 e. The quantitative estimate of drug-likeness (QED) is 0.447. The summed E-state index contributed by atoms with van der Waals surface area (Å²) in [5.74, 6) is 0.0549. The van der Waals surface area contributed by atoms with E-state index in [9.17, 15) is 14.4 Å². The number of ketones is 1.